The zero-order valence-electron chi connectivity index (χ0n) is 7.83. The minimum absolute atomic E-state index is 0.143. The topological polar surface area (TPSA) is 49.3 Å². The van der Waals surface area contributed by atoms with E-state index in [0.717, 1.165) is 25.7 Å². The molecule has 74 valence electrons. The first-order valence-corrected chi connectivity index (χ1v) is 4.82. The summed E-state index contributed by atoms with van der Waals surface area (Å²) in [7, 11) is 0. The Labute approximate surface area is 78.8 Å². The van der Waals surface area contributed by atoms with Gasteiger partial charge in [0.25, 0.3) is 0 Å². The third-order valence-electron chi connectivity index (χ3n) is 2.61. The van der Waals surface area contributed by atoms with Crippen molar-refractivity contribution in [2.75, 3.05) is 6.54 Å². The molecule has 0 heterocycles. The van der Waals surface area contributed by atoms with Gasteiger partial charge in [-0.3, -0.25) is 4.79 Å². The fourth-order valence-corrected chi connectivity index (χ4v) is 1.91. The molecule has 3 heteroatoms. The van der Waals surface area contributed by atoms with Gasteiger partial charge in [0.15, 0.2) is 0 Å². The second kappa shape index (κ2) is 5.02. The zero-order valence-corrected chi connectivity index (χ0v) is 7.83. The van der Waals surface area contributed by atoms with Crippen molar-refractivity contribution in [2.24, 2.45) is 5.92 Å². The zero-order chi connectivity index (χ0) is 9.68. The van der Waals surface area contributed by atoms with Crippen LogP contribution < -0.4 is 5.32 Å². The van der Waals surface area contributed by atoms with Crippen LogP contribution in [-0.2, 0) is 4.79 Å². The van der Waals surface area contributed by atoms with Crippen molar-refractivity contribution in [1.29, 1.82) is 0 Å². The van der Waals surface area contributed by atoms with Crippen molar-refractivity contribution in [3.8, 4) is 0 Å². The molecule has 0 unspecified atom stereocenters. The van der Waals surface area contributed by atoms with E-state index in [1.54, 1.807) is 6.08 Å². The standard InChI is InChI=1S/C10H17NO2/c1-2-7-11-9-6-4-3-5-8(9)10(12)13/h2,8-9,11H,1,3-7H2,(H,12,13)/t8-,9+/m1/s1. The molecule has 0 aromatic heterocycles. The first-order valence-electron chi connectivity index (χ1n) is 4.82. The highest BCUT2D eigenvalue weighted by Crippen LogP contribution is 2.24. The van der Waals surface area contributed by atoms with Crippen molar-refractivity contribution in [2.45, 2.75) is 31.7 Å². The van der Waals surface area contributed by atoms with Crippen LogP contribution >= 0.6 is 0 Å². The van der Waals surface area contributed by atoms with E-state index in [2.05, 4.69) is 11.9 Å². The van der Waals surface area contributed by atoms with Gasteiger partial charge in [-0.15, -0.1) is 6.58 Å². The molecule has 0 aliphatic heterocycles. The molecule has 0 bridgehead atoms. The highest BCUT2D eigenvalue weighted by atomic mass is 16.4. The Morgan fingerprint density at radius 1 is 1.54 bits per heavy atom. The Balaban J connectivity index is 2.46. The Hall–Kier alpha value is -0.830. The summed E-state index contributed by atoms with van der Waals surface area (Å²) in [5.41, 5.74) is 0. The first kappa shape index (κ1) is 10.3. The highest BCUT2D eigenvalue weighted by Gasteiger charge is 2.29. The SMILES string of the molecule is C=CCN[C@H]1CCCC[C@H]1C(=O)O. The van der Waals surface area contributed by atoms with Crippen LogP contribution in [0.2, 0.25) is 0 Å². The van der Waals surface area contributed by atoms with Gasteiger partial charge in [0, 0.05) is 12.6 Å². The van der Waals surface area contributed by atoms with E-state index in [1.165, 1.54) is 0 Å². The van der Waals surface area contributed by atoms with E-state index in [1.807, 2.05) is 0 Å². The van der Waals surface area contributed by atoms with Crippen LogP contribution in [-0.4, -0.2) is 23.7 Å². The number of nitrogens with one attached hydrogen (secondary N) is 1. The molecule has 2 atom stereocenters. The van der Waals surface area contributed by atoms with Crippen molar-refractivity contribution in [3.63, 3.8) is 0 Å². The summed E-state index contributed by atoms with van der Waals surface area (Å²) in [6, 6.07) is 0.143. The normalized spacial score (nSPS) is 28.3. The average molecular weight is 183 g/mol. The highest BCUT2D eigenvalue weighted by molar-refractivity contribution is 5.71. The summed E-state index contributed by atoms with van der Waals surface area (Å²) < 4.78 is 0. The van der Waals surface area contributed by atoms with Crippen molar-refractivity contribution >= 4 is 5.97 Å². The van der Waals surface area contributed by atoms with Crippen molar-refractivity contribution in [1.82, 2.24) is 5.32 Å². The average Bonchev–Trinajstić information content (AvgIpc) is 2.15. The van der Waals surface area contributed by atoms with Crippen LogP contribution in [0.25, 0.3) is 0 Å². The van der Waals surface area contributed by atoms with E-state index in [-0.39, 0.29) is 12.0 Å². The van der Waals surface area contributed by atoms with Gasteiger partial charge in [-0.1, -0.05) is 18.9 Å². The summed E-state index contributed by atoms with van der Waals surface area (Å²) in [5.74, 6) is -0.866. The summed E-state index contributed by atoms with van der Waals surface area (Å²) in [6.07, 6.45) is 5.74. The first-order chi connectivity index (χ1) is 6.25. The minimum Gasteiger partial charge on any atom is -0.481 e. The predicted molar refractivity (Wildman–Crippen MR) is 51.6 cm³/mol. The van der Waals surface area contributed by atoms with Gasteiger partial charge in [0.2, 0.25) is 0 Å². The minimum atomic E-state index is -0.665. The van der Waals surface area contributed by atoms with Crippen LogP contribution in [0.15, 0.2) is 12.7 Å². The molecule has 1 rings (SSSR count). The molecule has 0 aromatic carbocycles. The lowest BCUT2D eigenvalue weighted by Crippen LogP contribution is -2.42. The van der Waals surface area contributed by atoms with Crippen LogP contribution in [0.4, 0.5) is 0 Å². The maximum Gasteiger partial charge on any atom is 0.308 e. The Bertz CT molecular complexity index is 191. The molecule has 0 aromatic rings. The van der Waals surface area contributed by atoms with E-state index in [0.29, 0.717) is 6.54 Å². The molecule has 1 aliphatic carbocycles. The van der Waals surface area contributed by atoms with E-state index >= 15 is 0 Å². The summed E-state index contributed by atoms with van der Waals surface area (Å²) in [6.45, 7) is 4.31. The molecule has 0 radical (unpaired) electrons. The molecule has 0 amide bonds. The van der Waals surface area contributed by atoms with E-state index in [4.69, 9.17) is 5.11 Å². The van der Waals surface area contributed by atoms with E-state index < -0.39 is 5.97 Å². The fraction of sp³-hybridized carbons (Fsp3) is 0.700. The predicted octanol–water partition coefficient (Wildman–Crippen LogP) is 1.41. The van der Waals surface area contributed by atoms with Crippen LogP contribution in [0.1, 0.15) is 25.7 Å². The second-order valence-corrected chi connectivity index (χ2v) is 3.53. The molecule has 0 saturated heterocycles. The number of rotatable bonds is 4. The Morgan fingerprint density at radius 3 is 2.85 bits per heavy atom. The van der Waals surface area contributed by atoms with Gasteiger partial charge in [0.05, 0.1) is 5.92 Å². The van der Waals surface area contributed by atoms with Gasteiger partial charge in [0.1, 0.15) is 0 Å². The van der Waals surface area contributed by atoms with Gasteiger partial charge >= 0.3 is 5.97 Å². The molecule has 1 saturated carbocycles. The molecule has 2 N–H and O–H groups in total. The molecule has 3 nitrogen and oxygen atoms in total. The van der Waals surface area contributed by atoms with Gasteiger partial charge in [-0.25, -0.2) is 0 Å². The van der Waals surface area contributed by atoms with Crippen molar-refractivity contribution in [3.05, 3.63) is 12.7 Å². The van der Waals surface area contributed by atoms with Gasteiger partial charge < -0.3 is 10.4 Å². The van der Waals surface area contributed by atoms with Crippen LogP contribution in [0, 0.1) is 5.92 Å². The maximum atomic E-state index is 10.9. The fourth-order valence-electron chi connectivity index (χ4n) is 1.91. The quantitative estimate of drug-likeness (QED) is 0.648. The molecular weight excluding hydrogens is 166 g/mol. The molecule has 1 fully saturated rings. The number of carboxylic acid groups (broad SMARTS) is 1. The summed E-state index contributed by atoms with van der Waals surface area (Å²) in [5, 5.41) is 12.1. The third kappa shape index (κ3) is 2.84. The number of carboxylic acids is 1. The monoisotopic (exact) mass is 183 g/mol. The lowest BCUT2D eigenvalue weighted by molar-refractivity contribution is -0.143. The van der Waals surface area contributed by atoms with Gasteiger partial charge in [-0.05, 0) is 12.8 Å². The second-order valence-electron chi connectivity index (χ2n) is 3.53. The maximum absolute atomic E-state index is 10.9. The number of carbonyl (C=O) groups is 1. The lowest BCUT2D eigenvalue weighted by atomic mass is 9.84. The largest absolute Gasteiger partial charge is 0.481 e. The number of aliphatic carboxylic acids is 1. The van der Waals surface area contributed by atoms with Crippen molar-refractivity contribution < 1.29 is 9.90 Å². The summed E-state index contributed by atoms with van der Waals surface area (Å²) in [4.78, 5) is 10.9. The molecule has 13 heavy (non-hydrogen) atoms. The lowest BCUT2D eigenvalue weighted by Gasteiger charge is -2.28. The Kier molecular flexibility index (Phi) is 3.96. The third-order valence-corrected chi connectivity index (χ3v) is 2.61. The molecule has 0 spiro atoms. The molecule has 1 aliphatic rings. The molecular formula is C10H17NO2. The van der Waals surface area contributed by atoms with Gasteiger partial charge in [-0.2, -0.15) is 0 Å². The number of hydrogen-bond acceptors (Lipinski definition) is 2. The van der Waals surface area contributed by atoms with E-state index in [9.17, 15) is 4.79 Å². The summed E-state index contributed by atoms with van der Waals surface area (Å²) >= 11 is 0. The number of hydrogen-bond donors (Lipinski definition) is 2. The smallest absolute Gasteiger partial charge is 0.308 e. The Morgan fingerprint density at radius 2 is 2.23 bits per heavy atom. The van der Waals surface area contributed by atoms with Crippen LogP contribution in [0.5, 0.6) is 0 Å². The van der Waals surface area contributed by atoms with Crippen LogP contribution in [0.3, 0.4) is 0 Å².